The van der Waals surface area contributed by atoms with E-state index in [4.69, 9.17) is 4.74 Å². The van der Waals surface area contributed by atoms with Crippen LogP contribution in [0.25, 0.3) is 0 Å². The molecule has 1 aliphatic rings. The Morgan fingerprint density at radius 1 is 1.12 bits per heavy atom. The molecule has 1 N–H and O–H groups in total. The fourth-order valence-electron chi connectivity index (χ4n) is 3.16. The van der Waals surface area contributed by atoms with Crippen molar-refractivity contribution in [1.29, 1.82) is 0 Å². The fraction of sp³-hybridized carbons (Fsp3) is 0.429. The Morgan fingerprint density at radius 2 is 1.92 bits per heavy atom. The van der Waals surface area contributed by atoms with Gasteiger partial charge in [-0.1, -0.05) is 50.2 Å². The van der Waals surface area contributed by atoms with Gasteiger partial charge >= 0.3 is 0 Å². The zero-order chi connectivity index (χ0) is 16.9. The SMILES string of the molecule is CC(C)C(O)c1ccc2c(c1)CN(CCc1ccccc1)CCO2. The average molecular weight is 325 g/mol. The fourth-order valence-corrected chi connectivity index (χ4v) is 3.16. The van der Waals surface area contributed by atoms with Crippen molar-refractivity contribution < 1.29 is 9.84 Å². The summed E-state index contributed by atoms with van der Waals surface area (Å²) in [6.07, 6.45) is 0.626. The van der Waals surface area contributed by atoms with Gasteiger partial charge in [-0.3, -0.25) is 4.90 Å². The minimum Gasteiger partial charge on any atom is -0.492 e. The normalized spacial score (nSPS) is 16.3. The number of aliphatic hydroxyl groups is 1. The number of hydrogen-bond acceptors (Lipinski definition) is 3. The Morgan fingerprint density at radius 3 is 2.67 bits per heavy atom. The van der Waals surface area contributed by atoms with Crippen LogP contribution in [0.1, 0.15) is 36.6 Å². The molecule has 3 rings (SSSR count). The number of ether oxygens (including phenoxy) is 1. The summed E-state index contributed by atoms with van der Waals surface area (Å²) in [7, 11) is 0. The maximum absolute atomic E-state index is 10.3. The number of rotatable bonds is 5. The van der Waals surface area contributed by atoms with Gasteiger partial charge in [-0.15, -0.1) is 0 Å². The second-order valence-corrected chi connectivity index (χ2v) is 6.92. The van der Waals surface area contributed by atoms with Crippen molar-refractivity contribution in [3.05, 3.63) is 65.2 Å². The summed E-state index contributed by atoms with van der Waals surface area (Å²) in [5.74, 6) is 1.17. The summed E-state index contributed by atoms with van der Waals surface area (Å²) in [5, 5.41) is 10.3. The van der Waals surface area contributed by atoms with Gasteiger partial charge in [0.15, 0.2) is 0 Å². The lowest BCUT2D eigenvalue weighted by atomic mass is 9.97. The highest BCUT2D eigenvalue weighted by molar-refractivity contribution is 5.38. The van der Waals surface area contributed by atoms with Crippen molar-refractivity contribution in [1.82, 2.24) is 4.90 Å². The molecule has 0 saturated heterocycles. The summed E-state index contributed by atoms with van der Waals surface area (Å²) in [4.78, 5) is 2.43. The molecule has 0 spiro atoms. The molecule has 1 atom stereocenters. The molecule has 2 aromatic carbocycles. The van der Waals surface area contributed by atoms with E-state index < -0.39 is 6.10 Å². The van der Waals surface area contributed by atoms with E-state index in [0.29, 0.717) is 6.61 Å². The van der Waals surface area contributed by atoms with Gasteiger partial charge in [0.05, 0.1) is 6.10 Å². The summed E-state index contributed by atoms with van der Waals surface area (Å²) in [6, 6.07) is 16.7. The third-order valence-electron chi connectivity index (χ3n) is 4.68. The number of benzene rings is 2. The quantitative estimate of drug-likeness (QED) is 0.907. The first-order valence-electron chi connectivity index (χ1n) is 8.83. The summed E-state index contributed by atoms with van der Waals surface area (Å²) in [5.41, 5.74) is 3.53. The molecule has 3 nitrogen and oxygen atoms in total. The van der Waals surface area contributed by atoms with Crippen LogP contribution in [-0.2, 0) is 13.0 Å². The number of hydrogen-bond donors (Lipinski definition) is 1. The smallest absolute Gasteiger partial charge is 0.123 e. The predicted molar refractivity (Wildman–Crippen MR) is 97.2 cm³/mol. The lowest BCUT2D eigenvalue weighted by Crippen LogP contribution is -2.28. The topological polar surface area (TPSA) is 32.7 Å². The predicted octanol–water partition coefficient (Wildman–Crippen LogP) is 3.81. The average Bonchev–Trinajstić information content (AvgIpc) is 2.81. The van der Waals surface area contributed by atoms with Crippen LogP contribution in [0.2, 0.25) is 0 Å². The van der Waals surface area contributed by atoms with E-state index in [1.54, 1.807) is 0 Å². The van der Waals surface area contributed by atoms with Crippen LogP contribution in [0.5, 0.6) is 5.75 Å². The minimum atomic E-state index is -0.420. The summed E-state index contributed by atoms with van der Waals surface area (Å²) >= 11 is 0. The second kappa shape index (κ2) is 7.82. The minimum absolute atomic E-state index is 0.212. The molecule has 1 aliphatic heterocycles. The largest absolute Gasteiger partial charge is 0.492 e. The highest BCUT2D eigenvalue weighted by Crippen LogP contribution is 2.29. The van der Waals surface area contributed by atoms with Crippen LogP contribution in [0, 0.1) is 5.92 Å². The van der Waals surface area contributed by atoms with Crippen LogP contribution in [0.15, 0.2) is 48.5 Å². The van der Waals surface area contributed by atoms with Gasteiger partial charge in [0.25, 0.3) is 0 Å². The van der Waals surface area contributed by atoms with Crippen molar-refractivity contribution >= 4 is 0 Å². The van der Waals surface area contributed by atoms with E-state index in [1.165, 1.54) is 11.1 Å². The highest BCUT2D eigenvalue weighted by Gasteiger charge is 2.18. The Bertz CT molecular complexity index is 654. The van der Waals surface area contributed by atoms with Gasteiger partial charge in [0.2, 0.25) is 0 Å². The Hall–Kier alpha value is -1.84. The molecule has 0 fully saturated rings. The van der Waals surface area contributed by atoms with Crippen molar-refractivity contribution in [3.8, 4) is 5.75 Å². The van der Waals surface area contributed by atoms with E-state index in [9.17, 15) is 5.11 Å². The molecular weight excluding hydrogens is 298 g/mol. The molecule has 0 saturated carbocycles. The van der Waals surface area contributed by atoms with Crippen molar-refractivity contribution in [2.24, 2.45) is 5.92 Å². The zero-order valence-electron chi connectivity index (χ0n) is 14.6. The van der Waals surface area contributed by atoms with Crippen LogP contribution >= 0.6 is 0 Å². The van der Waals surface area contributed by atoms with Gasteiger partial charge in [-0.05, 0) is 35.6 Å². The third-order valence-corrected chi connectivity index (χ3v) is 4.68. The number of fused-ring (bicyclic) bond motifs is 1. The van der Waals surface area contributed by atoms with Gasteiger partial charge in [0.1, 0.15) is 12.4 Å². The molecule has 1 heterocycles. The maximum Gasteiger partial charge on any atom is 0.123 e. The van der Waals surface area contributed by atoms with Crippen molar-refractivity contribution in [3.63, 3.8) is 0 Å². The van der Waals surface area contributed by atoms with Crippen LogP contribution in [-0.4, -0.2) is 29.7 Å². The molecule has 128 valence electrons. The van der Waals surface area contributed by atoms with Gasteiger partial charge in [-0.2, -0.15) is 0 Å². The van der Waals surface area contributed by atoms with Crippen LogP contribution in [0.3, 0.4) is 0 Å². The van der Waals surface area contributed by atoms with Crippen molar-refractivity contribution in [2.45, 2.75) is 32.9 Å². The van der Waals surface area contributed by atoms with Gasteiger partial charge < -0.3 is 9.84 Å². The Kier molecular flexibility index (Phi) is 5.54. The molecule has 1 unspecified atom stereocenters. The van der Waals surface area contributed by atoms with E-state index in [-0.39, 0.29) is 5.92 Å². The maximum atomic E-state index is 10.3. The van der Waals surface area contributed by atoms with E-state index >= 15 is 0 Å². The molecule has 24 heavy (non-hydrogen) atoms. The molecular formula is C21H27NO2. The monoisotopic (exact) mass is 325 g/mol. The van der Waals surface area contributed by atoms with Crippen LogP contribution in [0.4, 0.5) is 0 Å². The summed E-state index contributed by atoms with van der Waals surface area (Å²) in [6.45, 7) is 7.63. The molecule has 0 aliphatic carbocycles. The van der Waals surface area contributed by atoms with Gasteiger partial charge in [-0.25, -0.2) is 0 Å². The molecule has 3 heteroatoms. The first kappa shape index (κ1) is 17.0. The first-order chi connectivity index (χ1) is 11.6. The third kappa shape index (κ3) is 4.16. The molecule has 0 amide bonds. The van der Waals surface area contributed by atoms with Gasteiger partial charge in [0, 0.05) is 25.2 Å². The van der Waals surface area contributed by atoms with Crippen LogP contribution < -0.4 is 4.74 Å². The molecule has 0 radical (unpaired) electrons. The first-order valence-corrected chi connectivity index (χ1v) is 8.83. The van der Waals surface area contributed by atoms with E-state index in [2.05, 4.69) is 41.3 Å². The molecule has 0 aromatic heterocycles. The lowest BCUT2D eigenvalue weighted by molar-refractivity contribution is 0.126. The highest BCUT2D eigenvalue weighted by atomic mass is 16.5. The number of nitrogens with zero attached hydrogens (tertiary/aromatic N) is 1. The lowest BCUT2D eigenvalue weighted by Gasteiger charge is -2.20. The standard InChI is InChI=1S/C21H27NO2/c1-16(2)21(23)18-8-9-20-19(14-18)15-22(12-13-24-20)11-10-17-6-4-3-5-7-17/h3-9,14,16,21,23H,10-13,15H2,1-2H3. The second-order valence-electron chi connectivity index (χ2n) is 6.92. The Balaban J connectivity index is 1.70. The van der Waals surface area contributed by atoms with E-state index in [0.717, 1.165) is 37.4 Å². The van der Waals surface area contributed by atoms with Crippen molar-refractivity contribution in [2.75, 3.05) is 19.7 Å². The Labute approximate surface area is 144 Å². The van der Waals surface area contributed by atoms with E-state index in [1.807, 2.05) is 26.0 Å². The summed E-state index contributed by atoms with van der Waals surface area (Å²) < 4.78 is 5.90. The molecule has 0 bridgehead atoms. The number of aliphatic hydroxyl groups excluding tert-OH is 1. The zero-order valence-corrected chi connectivity index (χ0v) is 14.6. The molecule has 2 aromatic rings.